The molecule has 0 aromatic heterocycles. The van der Waals surface area contributed by atoms with E-state index in [0.29, 0.717) is 13.1 Å². The van der Waals surface area contributed by atoms with Crippen LogP contribution in [0.3, 0.4) is 0 Å². The second-order valence-corrected chi connectivity index (χ2v) is 6.54. The van der Waals surface area contributed by atoms with Crippen LogP contribution in [0, 0.1) is 5.82 Å². The monoisotopic (exact) mass is 381 g/mol. The summed E-state index contributed by atoms with van der Waals surface area (Å²) in [5, 5.41) is 0. The number of amides is 1. The third kappa shape index (κ3) is 4.99. The maximum absolute atomic E-state index is 13.2. The fourth-order valence-electron chi connectivity index (χ4n) is 3.36. The molecule has 0 bridgehead atoms. The largest absolute Gasteiger partial charge is 0.573 e. The van der Waals surface area contributed by atoms with Crippen LogP contribution in [0.2, 0.25) is 0 Å². The predicted molar refractivity (Wildman–Crippen MR) is 92.0 cm³/mol. The van der Waals surface area contributed by atoms with E-state index in [1.54, 1.807) is 17.0 Å². The van der Waals surface area contributed by atoms with Crippen molar-refractivity contribution in [1.82, 2.24) is 4.90 Å². The Morgan fingerprint density at radius 1 is 1.04 bits per heavy atom. The van der Waals surface area contributed by atoms with Crippen molar-refractivity contribution < 1.29 is 27.1 Å². The van der Waals surface area contributed by atoms with E-state index in [1.807, 2.05) is 0 Å². The number of rotatable bonds is 3. The maximum Gasteiger partial charge on any atom is 0.573 e. The number of likely N-dealkylation sites (tertiary alicyclic amines) is 1. The Kier molecular flexibility index (Phi) is 5.68. The van der Waals surface area contributed by atoms with Crippen LogP contribution in [0.5, 0.6) is 5.75 Å². The molecule has 1 unspecified atom stereocenters. The maximum atomic E-state index is 13.2. The lowest BCUT2D eigenvalue weighted by Gasteiger charge is -2.26. The van der Waals surface area contributed by atoms with Crippen LogP contribution in [-0.4, -0.2) is 30.3 Å². The van der Waals surface area contributed by atoms with Crippen LogP contribution in [0.15, 0.2) is 48.5 Å². The number of hydrogen-bond donors (Lipinski definition) is 0. The van der Waals surface area contributed by atoms with Gasteiger partial charge in [0.05, 0.1) is 5.56 Å². The summed E-state index contributed by atoms with van der Waals surface area (Å²) in [7, 11) is 0. The van der Waals surface area contributed by atoms with Gasteiger partial charge >= 0.3 is 6.36 Å². The zero-order valence-electron chi connectivity index (χ0n) is 14.5. The van der Waals surface area contributed by atoms with Crippen LogP contribution in [-0.2, 0) is 0 Å². The number of nitrogens with zero attached hydrogens (tertiary/aromatic N) is 1. The van der Waals surface area contributed by atoms with Gasteiger partial charge in [0, 0.05) is 19.0 Å². The molecule has 2 aromatic rings. The van der Waals surface area contributed by atoms with Crippen LogP contribution in [0.25, 0.3) is 0 Å². The van der Waals surface area contributed by atoms with Crippen LogP contribution >= 0.6 is 0 Å². The topological polar surface area (TPSA) is 29.5 Å². The van der Waals surface area contributed by atoms with E-state index in [0.717, 1.165) is 30.9 Å². The van der Waals surface area contributed by atoms with Crippen molar-refractivity contribution in [2.75, 3.05) is 13.1 Å². The van der Waals surface area contributed by atoms with Crippen LogP contribution < -0.4 is 4.74 Å². The molecule has 0 saturated carbocycles. The SMILES string of the molecule is O=C(c1ccccc1OC(F)(F)F)N1CCCCC(c2ccc(F)cc2)C1. The fourth-order valence-corrected chi connectivity index (χ4v) is 3.36. The molecule has 1 saturated heterocycles. The first-order valence-corrected chi connectivity index (χ1v) is 8.73. The molecule has 0 spiro atoms. The summed E-state index contributed by atoms with van der Waals surface area (Å²) in [6, 6.07) is 11.5. The molecule has 1 atom stereocenters. The normalized spacial score (nSPS) is 18.1. The molecular formula is C20H19F4NO2. The Morgan fingerprint density at radius 3 is 2.44 bits per heavy atom. The third-order valence-corrected chi connectivity index (χ3v) is 4.64. The molecule has 144 valence electrons. The smallest absolute Gasteiger partial charge is 0.405 e. The lowest BCUT2D eigenvalue weighted by atomic mass is 9.94. The summed E-state index contributed by atoms with van der Waals surface area (Å²) in [6.45, 7) is 0.821. The lowest BCUT2D eigenvalue weighted by Crippen LogP contribution is -2.34. The van der Waals surface area contributed by atoms with Crippen molar-refractivity contribution >= 4 is 5.91 Å². The van der Waals surface area contributed by atoms with Crippen molar-refractivity contribution in [1.29, 1.82) is 0 Å². The van der Waals surface area contributed by atoms with Crippen molar-refractivity contribution in [3.05, 3.63) is 65.5 Å². The Labute approximate surface area is 154 Å². The van der Waals surface area contributed by atoms with E-state index in [1.165, 1.54) is 30.3 Å². The molecule has 3 nitrogen and oxygen atoms in total. The summed E-state index contributed by atoms with van der Waals surface area (Å²) in [5.41, 5.74) is 0.797. The minimum atomic E-state index is -4.87. The highest BCUT2D eigenvalue weighted by atomic mass is 19.4. The molecule has 1 aliphatic rings. The molecule has 3 rings (SSSR count). The van der Waals surface area contributed by atoms with Gasteiger partial charge in [0.15, 0.2) is 0 Å². The minimum absolute atomic E-state index is 0.00717. The highest BCUT2D eigenvalue weighted by Crippen LogP contribution is 2.30. The lowest BCUT2D eigenvalue weighted by molar-refractivity contribution is -0.274. The van der Waals surface area contributed by atoms with Gasteiger partial charge in [-0.1, -0.05) is 30.7 Å². The average Bonchev–Trinajstić information content (AvgIpc) is 2.87. The Morgan fingerprint density at radius 2 is 1.74 bits per heavy atom. The Balaban J connectivity index is 1.82. The van der Waals surface area contributed by atoms with Gasteiger partial charge in [0.1, 0.15) is 11.6 Å². The van der Waals surface area contributed by atoms with Gasteiger partial charge in [-0.05, 0) is 42.7 Å². The minimum Gasteiger partial charge on any atom is -0.405 e. The van der Waals surface area contributed by atoms with Crippen molar-refractivity contribution in [3.63, 3.8) is 0 Å². The highest BCUT2D eigenvalue weighted by Gasteiger charge is 2.34. The summed E-state index contributed by atoms with van der Waals surface area (Å²) < 4.78 is 55.1. The molecule has 0 N–H and O–H groups in total. The molecule has 1 heterocycles. The number of halogens is 4. The molecule has 2 aromatic carbocycles. The van der Waals surface area contributed by atoms with Gasteiger partial charge in [0.2, 0.25) is 0 Å². The zero-order valence-corrected chi connectivity index (χ0v) is 14.5. The standard InChI is InChI=1S/C20H19F4NO2/c21-16-10-8-14(9-11-16)15-5-3-4-12-25(13-15)19(26)17-6-1-2-7-18(17)27-20(22,23)24/h1-2,6-11,15H,3-5,12-13H2. The average molecular weight is 381 g/mol. The number of carbonyl (C=O) groups is 1. The molecule has 0 aliphatic carbocycles. The Hall–Kier alpha value is -2.57. The predicted octanol–water partition coefficient (Wildman–Crippen LogP) is 5.13. The summed E-state index contributed by atoms with van der Waals surface area (Å²) in [4.78, 5) is 14.5. The highest BCUT2D eigenvalue weighted by molar-refractivity contribution is 5.97. The van der Waals surface area contributed by atoms with Crippen LogP contribution in [0.4, 0.5) is 17.6 Å². The number of carbonyl (C=O) groups excluding carboxylic acids is 1. The Bertz CT molecular complexity index is 789. The summed E-state index contributed by atoms with van der Waals surface area (Å²) >= 11 is 0. The molecule has 1 aliphatic heterocycles. The van der Waals surface area contributed by atoms with Crippen LogP contribution in [0.1, 0.15) is 41.1 Å². The summed E-state index contributed by atoms with van der Waals surface area (Å²) in [5.74, 6) is -1.33. The fraction of sp³-hybridized carbons (Fsp3) is 0.350. The number of benzene rings is 2. The quantitative estimate of drug-likeness (QED) is 0.690. The van der Waals surface area contributed by atoms with E-state index in [-0.39, 0.29) is 17.3 Å². The van der Waals surface area contributed by atoms with Gasteiger partial charge in [-0.15, -0.1) is 13.2 Å². The number of alkyl halides is 3. The van der Waals surface area contributed by atoms with Gasteiger partial charge < -0.3 is 9.64 Å². The number of para-hydroxylation sites is 1. The molecule has 27 heavy (non-hydrogen) atoms. The van der Waals surface area contributed by atoms with Crippen molar-refractivity contribution in [2.45, 2.75) is 31.5 Å². The van der Waals surface area contributed by atoms with E-state index in [4.69, 9.17) is 0 Å². The molecule has 1 amide bonds. The molecule has 7 heteroatoms. The van der Waals surface area contributed by atoms with Crippen molar-refractivity contribution in [2.24, 2.45) is 0 Å². The van der Waals surface area contributed by atoms with E-state index >= 15 is 0 Å². The van der Waals surface area contributed by atoms with E-state index < -0.39 is 18.0 Å². The number of ether oxygens (including phenoxy) is 1. The first-order valence-electron chi connectivity index (χ1n) is 8.73. The zero-order chi connectivity index (χ0) is 19.4. The van der Waals surface area contributed by atoms with Gasteiger partial charge in [0.25, 0.3) is 5.91 Å². The van der Waals surface area contributed by atoms with Crippen molar-refractivity contribution in [3.8, 4) is 5.75 Å². The second-order valence-electron chi connectivity index (χ2n) is 6.54. The number of hydrogen-bond acceptors (Lipinski definition) is 2. The first-order chi connectivity index (χ1) is 12.8. The summed E-state index contributed by atoms with van der Waals surface area (Å²) in [6.07, 6.45) is -2.40. The molecule has 1 fully saturated rings. The van der Waals surface area contributed by atoms with E-state index in [2.05, 4.69) is 4.74 Å². The van der Waals surface area contributed by atoms with E-state index in [9.17, 15) is 22.4 Å². The molecule has 0 radical (unpaired) electrons. The first kappa shape index (κ1) is 19.2. The second kappa shape index (κ2) is 7.98. The third-order valence-electron chi connectivity index (χ3n) is 4.64. The van der Waals surface area contributed by atoms with Gasteiger partial charge in [-0.25, -0.2) is 4.39 Å². The van der Waals surface area contributed by atoms with Gasteiger partial charge in [-0.3, -0.25) is 4.79 Å². The molecular weight excluding hydrogens is 362 g/mol. The van der Waals surface area contributed by atoms with Gasteiger partial charge in [-0.2, -0.15) is 0 Å².